The Hall–Kier alpha value is -1.36. The van der Waals surface area contributed by atoms with Crippen molar-refractivity contribution in [3.63, 3.8) is 0 Å². The molecule has 5 heteroatoms. The average Bonchev–Trinajstić information content (AvgIpc) is 2.89. The van der Waals surface area contributed by atoms with E-state index in [1.165, 1.54) is 0 Å². The van der Waals surface area contributed by atoms with Gasteiger partial charge >= 0.3 is 0 Å². The molecule has 1 N–H and O–H groups in total. The quantitative estimate of drug-likeness (QED) is 0.831. The second-order valence-electron chi connectivity index (χ2n) is 5.62. The average molecular weight is 281 g/mol. The van der Waals surface area contributed by atoms with Crippen molar-refractivity contribution in [1.29, 1.82) is 0 Å². The van der Waals surface area contributed by atoms with E-state index < -0.39 is 0 Å². The van der Waals surface area contributed by atoms with Crippen LogP contribution in [0.15, 0.2) is 12.4 Å². The molecule has 0 aliphatic carbocycles. The number of carbonyl (C=O) groups excluding carboxylic acids is 1. The van der Waals surface area contributed by atoms with Gasteiger partial charge in [-0.3, -0.25) is 4.79 Å². The molecule has 1 aromatic rings. The molecule has 1 rings (SSSR count). The van der Waals surface area contributed by atoms with Gasteiger partial charge in [-0.05, 0) is 26.7 Å². The summed E-state index contributed by atoms with van der Waals surface area (Å²) in [7, 11) is 1.81. The van der Waals surface area contributed by atoms with Crippen LogP contribution in [0.5, 0.6) is 0 Å². The monoisotopic (exact) mass is 281 g/mol. The van der Waals surface area contributed by atoms with Crippen molar-refractivity contribution in [2.24, 2.45) is 5.41 Å². The molecule has 1 amide bonds. The summed E-state index contributed by atoms with van der Waals surface area (Å²) < 4.78 is 1.87. The molecule has 0 bridgehead atoms. The summed E-state index contributed by atoms with van der Waals surface area (Å²) in [6, 6.07) is -0.271. The minimum Gasteiger partial charge on any atom is -0.396 e. The number of imidazole rings is 1. The van der Waals surface area contributed by atoms with E-state index in [-0.39, 0.29) is 24.0 Å². The van der Waals surface area contributed by atoms with Gasteiger partial charge in [0.2, 0.25) is 5.91 Å². The molecule has 0 saturated heterocycles. The second kappa shape index (κ2) is 6.88. The highest BCUT2D eigenvalue weighted by Gasteiger charge is 2.30. The Kier molecular flexibility index (Phi) is 5.74. The molecular formula is C15H27N3O2. The van der Waals surface area contributed by atoms with Gasteiger partial charge in [0.15, 0.2) is 0 Å². The van der Waals surface area contributed by atoms with Crippen LogP contribution < -0.4 is 0 Å². The van der Waals surface area contributed by atoms with Crippen molar-refractivity contribution in [2.75, 3.05) is 20.2 Å². The van der Waals surface area contributed by atoms with E-state index in [1.54, 1.807) is 18.1 Å². The molecular weight excluding hydrogens is 254 g/mol. The molecule has 1 atom stereocenters. The predicted molar refractivity (Wildman–Crippen MR) is 79.4 cm³/mol. The summed E-state index contributed by atoms with van der Waals surface area (Å²) in [6.07, 6.45) is 5.24. The fourth-order valence-corrected chi connectivity index (χ4v) is 2.56. The van der Waals surface area contributed by atoms with Gasteiger partial charge in [0.25, 0.3) is 0 Å². The molecule has 0 saturated carbocycles. The van der Waals surface area contributed by atoms with E-state index in [4.69, 9.17) is 0 Å². The third-order valence-electron chi connectivity index (χ3n) is 4.42. The number of nitrogens with zero attached hydrogens (tertiary/aromatic N) is 3. The van der Waals surface area contributed by atoms with Gasteiger partial charge in [-0.25, -0.2) is 4.98 Å². The first-order valence-corrected chi connectivity index (χ1v) is 7.26. The molecule has 0 aliphatic heterocycles. The van der Waals surface area contributed by atoms with Crippen LogP contribution in [0.1, 0.15) is 45.5 Å². The minimum absolute atomic E-state index is 0.0471. The number of aromatic nitrogens is 2. The number of aliphatic hydroxyl groups excluding tert-OH is 1. The Morgan fingerprint density at radius 2 is 2.10 bits per heavy atom. The molecule has 0 aliphatic rings. The number of hydrogen-bond acceptors (Lipinski definition) is 3. The van der Waals surface area contributed by atoms with Crippen LogP contribution in [-0.2, 0) is 4.79 Å². The Morgan fingerprint density at radius 3 is 2.50 bits per heavy atom. The maximum absolute atomic E-state index is 12.5. The van der Waals surface area contributed by atoms with Gasteiger partial charge in [-0.1, -0.05) is 13.8 Å². The Balaban J connectivity index is 2.79. The first kappa shape index (κ1) is 16.7. The van der Waals surface area contributed by atoms with E-state index in [9.17, 15) is 9.90 Å². The zero-order chi connectivity index (χ0) is 15.3. The molecule has 0 spiro atoms. The standard InChI is InChI=1S/C15H27N3O2/c1-6-15(7-2,11-19)10-17(5)14(20)12(3)18-9-8-16-13(18)4/h8-9,12,19H,6-7,10-11H2,1-5H3/t12-/m0/s1. The highest BCUT2D eigenvalue weighted by atomic mass is 16.3. The maximum Gasteiger partial charge on any atom is 0.245 e. The van der Waals surface area contributed by atoms with Crippen LogP contribution >= 0.6 is 0 Å². The van der Waals surface area contributed by atoms with Gasteiger partial charge in [0, 0.05) is 31.4 Å². The number of likely N-dealkylation sites (N-methyl/N-ethyl adjacent to an activating group) is 1. The predicted octanol–water partition coefficient (Wildman–Crippen LogP) is 2.01. The zero-order valence-corrected chi connectivity index (χ0v) is 13.3. The lowest BCUT2D eigenvalue weighted by molar-refractivity contribution is -0.135. The molecule has 0 unspecified atom stereocenters. The van der Waals surface area contributed by atoms with E-state index in [0.717, 1.165) is 18.7 Å². The normalized spacial score (nSPS) is 13.3. The first-order valence-electron chi connectivity index (χ1n) is 7.26. The third-order valence-corrected chi connectivity index (χ3v) is 4.42. The molecule has 0 radical (unpaired) electrons. The summed E-state index contributed by atoms with van der Waals surface area (Å²) in [4.78, 5) is 18.4. The van der Waals surface area contributed by atoms with Crippen molar-refractivity contribution >= 4 is 5.91 Å². The lowest BCUT2D eigenvalue weighted by atomic mass is 9.82. The topological polar surface area (TPSA) is 58.4 Å². The van der Waals surface area contributed by atoms with Crippen LogP contribution in [0.2, 0.25) is 0 Å². The highest BCUT2D eigenvalue weighted by molar-refractivity contribution is 5.80. The second-order valence-corrected chi connectivity index (χ2v) is 5.62. The van der Waals surface area contributed by atoms with Crippen molar-refractivity contribution in [3.05, 3.63) is 18.2 Å². The van der Waals surface area contributed by atoms with E-state index >= 15 is 0 Å². The smallest absolute Gasteiger partial charge is 0.245 e. The van der Waals surface area contributed by atoms with E-state index in [2.05, 4.69) is 18.8 Å². The molecule has 5 nitrogen and oxygen atoms in total. The van der Waals surface area contributed by atoms with E-state index in [0.29, 0.717) is 6.54 Å². The number of amides is 1. The minimum atomic E-state index is -0.271. The van der Waals surface area contributed by atoms with Crippen LogP contribution in [0.4, 0.5) is 0 Å². The van der Waals surface area contributed by atoms with Crippen LogP contribution in [0.3, 0.4) is 0 Å². The van der Waals surface area contributed by atoms with Crippen LogP contribution in [0, 0.1) is 12.3 Å². The summed E-state index contributed by atoms with van der Waals surface area (Å²) in [5, 5.41) is 9.62. The van der Waals surface area contributed by atoms with Crippen LogP contribution in [-0.4, -0.2) is 45.7 Å². The third kappa shape index (κ3) is 3.39. The fraction of sp³-hybridized carbons (Fsp3) is 0.733. The van der Waals surface area contributed by atoms with Gasteiger partial charge < -0.3 is 14.6 Å². The van der Waals surface area contributed by atoms with Gasteiger partial charge in [0.05, 0.1) is 6.61 Å². The van der Waals surface area contributed by atoms with Gasteiger partial charge in [0.1, 0.15) is 11.9 Å². The Morgan fingerprint density at radius 1 is 1.50 bits per heavy atom. The van der Waals surface area contributed by atoms with E-state index in [1.807, 2.05) is 24.6 Å². The number of hydrogen-bond donors (Lipinski definition) is 1. The van der Waals surface area contributed by atoms with Crippen molar-refractivity contribution in [1.82, 2.24) is 14.5 Å². The molecule has 20 heavy (non-hydrogen) atoms. The van der Waals surface area contributed by atoms with Crippen LogP contribution in [0.25, 0.3) is 0 Å². The highest BCUT2D eigenvalue weighted by Crippen LogP contribution is 2.27. The molecule has 1 aromatic heterocycles. The SMILES string of the molecule is CCC(CC)(CO)CN(C)C(=O)[C@H](C)n1ccnc1C. The van der Waals surface area contributed by atoms with Gasteiger partial charge in [-0.2, -0.15) is 0 Å². The Labute approximate surface area is 121 Å². The number of rotatable bonds is 7. The lowest BCUT2D eigenvalue weighted by Gasteiger charge is -2.35. The summed E-state index contributed by atoms with van der Waals surface area (Å²) in [5.74, 6) is 0.879. The van der Waals surface area contributed by atoms with Gasteiger partial charge in [-0.15, -0.1) is 0 Å². The fourth-order valence-electron chi connectivity index (χ4n) is 2.56. The summed E-state index contributed by atoms with van der Waals surface area (Å²) in [5.41, 5.74) is -0.200. The number of aryl methyl sites for hydroxylation is 1. The number of aliphatic hydroxyl groups is 1. The summed E-state index contributed by atoms with van der Waals surface area (Å²) in [6.45, 7) is 8.57. The summed E-state index contributed by atoms with van der Waals surface area (Å²) >= 11 is 0. The largest absolute Gasteiger partial charge is 0.396 e. The number of carbonyl (C=O) groups is 1. The first-order chi connectivity index (χ1) is 9.40. The molecule has 114 valence electrons. The van der Waals surface area contributed by atoms with Crippen molar-refractivity contribution < 1.29 is 9.90 Å². The maximum atomic E-state index is 12.5. The zero-order valence-electron chi connectivity index (χ0n) is 13.3. The van der Waals surface area contributed by atoms with Crippen molar-refractivity contribution in [3.8, 4) is 0 Å². The molecule has 0 aromatic carbocycles. The molecule has 0 fully saturated rings. The van der Waals surface area contributed by atoms with Crippen molar-refractivity contribution in [2.45, 2.75) is 46.6 Å². The molecule has 1 heterocycles. The Bertz CT molecular complexity index is 430. The lowest BCUT2D eigenvalue weighted by Crippen LogP contribution is -2.43.